The maximum absolute atomic E-state index is 5.20. The third-order valence-corrected chi connectivity index (χ3v) is 12.5. The highest BCUT2D eigenvalue weighted by atomic mass is 15.2. The summed E-state index contributed by atoms with van der Waals surface area (Å²) in [7, 11) is 0. The fraction of sp³-hybridized carbons (Fsp3) is 0.148. The van der Waals surface area contributed by atoms with Crippen molar-refractivity contribution >= 4 is 89.7 Å². The van der Waals surface area contributed by atoms with Crippen LogP contribution in [0.25, 0.3) is 43.8 Å². The monoisotopic (exact) mass is 760 g/mol. The lowest BCUT2D eigenvalue weighted by Gasteiger charge is -2.44. The quantitative estimate of drug-likeness (QED) is 0.168. The predicted octanol–water partition coefficient (Wildman–Crippen LogP) is 12.3. The molecule has 8 aromatic carbocycles. The van der Waals surface area contributed by atoms with Crippen molar-refractivity contribution < 1.29 is 0 Å². The number of aromatic nitrogens is 2. The summed E-state index contributed by atoms with van der Waals surface area (Å²) in [5.74, 6) is 0.707. The molecule has 0 amide bonds. The summed E-state index contributed by atoms with van der Waals surface area (Å²) >= 11 is 0. The van der Waals surface area contributed by atoms with Crippen molar-refractivity contribution in [2.45, 2.75) is 52.4 Å². The van der Waals surface area contributed by atoms with E-state index in [1.807, 2.05) is 12.3 Å². The van der Waals surface area contributed by atoms with E-state index in [1.54, 1.807) is 0 Å². The van der Waals surface area contributed by atoms with Gasteiger partial charge in [0.1, 0.15) is 0 Å². The second-order valence-electron chi connectivity index (χ2n) is 18.4. The number of rotatable bonds is 3. The lowest BCUT2D eigenvalue weighted by molar-refractivity contribution is 0.590. The van der Waals surface area contributed by atoms with E-state index in [-0.39, 0.29) is 17.5 Å². The molecule has 0 aliphatic carbocycles. The van der Waals surface area contributed by atoms with E-state index in [1.165, 1.54) is 60.4 Å². The number of benzene rings is 8. The van der Waals surface area contributed by atoms with Crippen molar-refractivity contribution in [1.82, 2.24) is 9.97 Å². The van der Waals surface area contributed by atoms with E-state index in [9.17, 15) is 0 Å². The predicted molar refractivity (Wildman–Crippen MR) is 251 cm³/mol. The fourth-order valence-electron chi connectivity index (χ4n) is 9.39. The van der Waals surface area contributed by atoms with Crippen molar-refractivity contribution in [2.24, 2.45) is 0 Å². The Morgan fingerprint density at radius 1 is 0.441 bits per heavy atom. The van der Waals surface area contributed by atoms with Crippen LogP contribution in [0.15, 0.2) is 164 Å². The molecule has 0 spiro atoms. The molecule has 0 N–H and O–H groups in total. The van der Waals surface area contributed by atoms with E-state index in [0.717, 1.165) is 39.2 Å². The molecule has 284 valence electrons. The zero-order valence-electron chi connectivity index (χ0n) is 34.5. The highest BCUT2D eigenvalue weighted by Crippen LogP contribution is 2.47. The first-order valence-electron chi connectivity index (χ1n) is 20.8. The van der Waals surface area contributed by atoms with Gasteiger partial charge in [0.2, 0.25) is 0 Å². The van der Waals surface area contributed by atoms with Gasteiger partial charge in [0.05, 0.1) is 5.52 Å². The van der Waals surface area contributed by atoms with Gasteiger partial charge in [-0.1, -0.05) is 145 Å². The Morgan fingerprint density at radius 3 is 1.32 bits per heavy atom. The molecular formula is C54H45BN4. The van der Waals surface area contributed by atoms with Crippen LogP contribution in [0.4, 0.5) is 34.1 Å². The molecule has 9 aromatic rings. The number of hydrogen-bond acceptors (Lipinski definition) is 4. The molecule has 0 bridgehead atoms. The van der Waals surface area contributed by atoms with Crippen LogP contribution in [-0.2, 0) is 10.8 Å². The van der Waals surface area contributed by atoms with Crippen LogP contribution in [0.5, 0.6) is 0 Å². The highest BCUT2D eigenvalue weighted by molar-refractivity contribution is 7.00. The molecule has 0 radical (unpaired) electrons. The first-order valence-corrected chi connectivity index (χ1v) is 20.8. The minimum atomic E-state index is -0.0269. The van der Waals surface area contributed by atoms with Crippen LogP contribution in [0.3, 0.4) is 0 Å². The van der Waals surface area contributed by atoms with E-state index < -0.39 is 0 Å². The zero-order chi connectivity index (χ0) is 40.2. The molecule has 0 saturated carbocycles. The third kappa shape index (κ3) is 5.74. The normalized spacial score (nSPS) is 13.5. The molecule has 59 heavy (non-hydrogen) atoms. The third-order valence-electron chi connectivity index (χ3n) is 12.5. The zero-order valence-corrected chi connectivity index (χ0v) is 34.5. The molecule has 2 aliphatic heterocycles. The summed E-state index contributed by atoms with van der Waals surface area (Å²) in [4.78, 5) is 15.2. The Labute approximate surface area is 346 Å². The molecule has 0 fully saturated rings. The van der Waals surface area contributed by atoms with E-state index in [4.69, 9.17) is 9.97 Å². The Kier molecular flexibility index (Phi) is 7.75. The van der Waals surface area contributed by atoms with Crippen LogP contribution in [0.1, 0.15) is 52.7 Å². The minimum Gasteiger partial charge on any atom is -0.311 e. The lowest BCUT2D eigenvalue weighted by atomic mass is 9.33. The number of fused-ring (bicyclic) bond motifs is 7. The maximum Gasteiger partial charge on any atom is 0.252 e. The summed E-state index contributed by atoms with van der Waals surface area (Å²) in [5, 5.41) is 5.94. The fourth-order valence-corrected chi connectivity index (χ4v) is 9.39. The second-order valence-corrected chi connectivity index (χ2v) is 18.4. The summed E-state index contributed by atoms with van der Waals surface area (Å²) in [6, 6.07) is 58.7. The number of anilines is 6. The molecule has 1 aromatic heterocycles. The van der Waals surface area contributed by atoms with Gasteiger partial charge in [-0.3, -0.25) is 0 Å². The maximum atomic E-state index is 5.20. The van der Waals surface area contributed by atoms with Gasteiger partial charge in [0.15, 0.2) is 5.82 Å². The van der Waals surface area contributed by atoms with Gasteiger partial charge in [-0.05, 0) is 114 Å². The van der Waals surface area contributed by atoms with Gasteiger partial charge in [-0.15, -0.1) is 0 Å². The second kappa shape index (κ2) is 12.9. The van der Waals surface area contributed by atoms with Crippen LogP contribution >= 0.6 is 0 Å². The molecular weight excluding hydrogens is 715 g/mol. The molecule has 5 heteroatoms. The Morgan fingerprint density at radius 2 is 0.864 bits per heavy atom. The standard InChI is InChI=1S/C54H45BN4/c1-53(2,3)40-19-23-42(24-20-40)58-47-29-36-15-9-7-13-34(36)27-44(47)55-45-28-35-14-8-10-16-37(35)30-48(45)59(43-25-21-41(22-26-43)54(4,5)6)50-32-39(31-49(58)51(50)55)52-56-33-38-17-11-12-18-46(38)57-52/h7-33H,1-6H3. The van der Waals surface area contributed by atoms with Crippen molar-refractivity contribution in [3.05, 3.63) is 175 Å². The van der Waals surface area contributed by atoms with E-state index in [0.29, 0.717) is 5.82 Å². The van der Waals surface area contributed by atoms with Crippen LogP contribution in [-0.4, -0.2) is 16.7 Å². The first kappa shape index (κ1) is 35.4. The van der Waals surface area contributed by atoms with Crippen LogP contribution in [0, 0.1) is 0 Å². The summed E-state index contributed by atoms with van der Waals surface area (Å²) in [5.41, 5.74) is 15.4. The molecule has 0 saturated heterocycles. The molecule has 11 rings (SSSR count). The lowest BCUT2D eigenvalue weighted by Crippen LogP contribution is -2.61. The largest absolute Gasteiger partial charge is 0.311 e. The van der Waals surface area contributed by atoms with E-state index in [2.05, 4.69) is 203 Å². The SMILES string of the molecule is CC(C)(C)c1ccc(N2c3cc4ccccc4cc3B3c4cc5ccccc5cc4N(c4ccc(C(C)(C)C)cc4)c4cc(-c5ncc6ccccc6n5)cc2c43)cc1. The van der Waals surface area contributed by atoms with Gasteiger partial charge in [0, 0.05) is 51.3 Å². The number of nitrogens with zero attached hydrogens (tertiary/aromatic N) is 4. The minimum absolute atomic E-state index is 0.0269. The topological polar surface area (TPSA) is 32.3 Å². The van der Waals surface area contributed by atoms with Gasteiger partial charge < -0.3 is 9.80 Å². The Balaban J connectivity index is 1.27. The molecule has 0 atom stereocenters. The van der Waals surface area contributed by atoms with Crippen molar-refractivity contribution in [3.8, 4) is 11.4 Å². The summed E-state index contributed by atoms with van der Waals surface area (Å²) < 4.78 is 0. The van der Waals surface area contributed by atoms with E-state index >= 15 is 0 Å². The van der Waals surface area contributed by atoms with Gasteiger partial charge in [-0.25, -0.2) is 9.97 Å². The molecule has 4 nitrogen and oxygen atoms in total. The molecule has 0 unspecified atom stereocenters. The smallest absolute Gasteiger partial charge is 0.252 e. The Hall–Kier alpha value is -6.72. The average Bonchev–Trinajstić information content (AvgIpc) is 3.24. The first-order chi connectivity index (χ1) is 28.5. The van der Waals surface area contributed by atoms with Crippen LogP contribution in [0.2, 0.25) is 0 Å². The number of para-hydroxylation sites is 1. The van der Waals surface area contributed by atoms with Crippen molar-refractivity contribution in [1.29, 1.82) is 0 Å². The molecule has 2 aliphatic rings. The Bertz CT molecular complexity index is 2970. The van der Waals surface area contributed by atoms with Crippen molar-refractivity contribution in [2.75, 3.05) is 9.80 Å². The highest BCUT2D eigenvalue weighted by Gasteiger charge is 2.44. The molecule has 3 heterocycles. The number of hydrogen-bond donors (Lipinski definition) is 0. The van der Waals surface area contributed by atoms with Gasteiger partial charge in [0.25, 0.3) is 6.71 Å². The summed E-state index contributed by atoms with van der Waals surface area (Å²) in [6.07, 6.45) is 1.96. The van der Waals surface area contributed by atoms with Crippen LogP contribution < -0.4 is 26.2 Å². The summed E-state index contributed by atoms with van der Waals surface area (Å²) in [6.45, 7) is 13.7. The average molecular weight is 761 g/mol. The van der Waals surface area contributed by atoms with Crippen molar-refractivity contribution in [3.63, 3.8) is 0 Å². The van der Waals surface area contributed by atoms with Gasteiger partial charge in [-0.2, -0.15) is 0 Å². The van der Waals surface area contributed by atoms with Gasteiger partial charge >= 0.3 is 0 Å².